The predicted octanol–water partition coefficient (Wildman–Crippen LogP) is 4.37. The van der Waals surface area contributed by atoms with Crippen molar-refractivity contribution >= 4 is 28.7 Å². The van der Waals surface area contributed by atoms with E-state index in [0.717, 1.165) is 23.5 Å². The zero-order valence-corrected chi connectivity index (χ0v) is 13.4. The van der Waals surface area contributed by atoms with Gasteiger partial charge in [-0.3, -0.25) is 0 Å². The van der Waals surface area contributed by atoms with Crippen LogP contribution in [0.4, 0.5) is 11.4 Å². The molecule has 2 rings (SSSR count). The van der Waals surface area contributed by atoms with Crippen molar-refractivity contribution in [2.24, 2.45) is 0 Å². The molecule has 0 aliphatic carbocycles. The molecule has 3 nitrogen and oxygen atoms in total. The summed E-state index contributed by atoms with van der Waals surface area (Å²) >= 11 is 5.41. The van der Waals surface area contributed by atoms with Crippen LogP contribution in [0.2, 0.25) is 0 Å². The lowest BCUT2D eigenvalue weighted by atomic mass is 10.1. The van der Waals surface area contributed by atoms with Crippen LogP contribution >= 0.6 is 12.2 Å². The fourth-order valence-electron chi connectivity index (χ4n) is 2.22. The summed E-state index contributed by atoms with van der Waals surface area (Å²) in [4.78, 5) is 0. The van der Waals surface area contributed by atoms with Crippen molar-refractivity contribution in [2.45, 2.75) is 20.3 Å². The van der Waals surface area contributed by atoms with Crippen molar-refractivity contribution < 1.29 is 4.74 Å². The van der Waals surface area contributed by atoms with E-state index in [1.807, 2.05) is 24.3 Å². The standard InChI is InChI=1S/C17H20N2OS/c1-4-13-9-7-8-12(2)16(13)19-17(21)18-14-10-5-6-11-15(14)20-3/h5-11H,4H2,1-3H3,(H2,18,19,21). The Kier molecular flexibility index (Phi) is 5.17. The largest absolute Gasteiger partial charge is 0.495 e. The molecule has 0 aliphatic heterocycles. The number of rotatable bonds is 4. The molecule has 0 saturated heterocycles. The molecule has 2 aromatic rings. The molecule has 0 bridgehead atoms. The second-order valence-electron chi connectivity index (χ2n) is 4.74. The van der Waals surface area contributed by atoms with Gasteiger partial charge >= 0.3 is 0 Å². The van der Waals surface area contributed by atoms with Crippen LogP contribution < -0.4 is 15.4 Å². The van der Waals surface area contributed by atoms with Crippen LogP contribution in [0, 0.1) is 6.92 Å². The summed E-state index contributed by atoms with van der Waals surface area (Å²) in [5, 5.41) is 7.04. The van der Waals surface area contributed by atoms with Gasteiger partial charge in [0.2, 0.25) is 0 Å². The van der Waals surface area contributed by atoms with Crippen molar-refractivity contribution in [1.82, 2.24) is 0 Å². The minimum absolute atomic E-state index is 0.559. The van der Waals surface area contributed by atoms with Gasteiger partial charge in [-0.25, -0.2) is 0 Å². The molecule has 0 fully saturated rings. The smallest absolute Gasteiger partial charge is 0.175 e. The first kappa shape index (κ1) is 15.3. The molecular formula is C17H20N2OS. The molecule has 0 atom stereocenters. The number of hydrogen-bond acceptors (Lipinski definition) is 2. The number of anilines is 2. The summed E-state index contributed by atoms with van der Waals surface area (Å²) in [5.74, 6) is 0.766. The van der Waals surface area contributed by atoms with Crippen LogP contribution in [-0.4, -0.2) is 12.2 Å². The third-order valence-electron chi connectivity index (χ3n) is 3.33. The number of hydrogen-bond donors (Lipinski definition) is 2. The maximum Gasteiger partial charge on any atom is 0.175 e. The second kappa shape index (κ2) is 7.09. The van der Waals surface area contributed by atoms with Crippen molar-refractivity contribution in [1.29, 1.82) is 0 Å². The van der Waals surface area contributed by atoms with Gasteiger partial charge in [-0.1, -0.05) is 37.3 Å². The van der Waals surface area contributed by atoms with Crippen LogP contribution in [0.1, 0.15) is 18.1 Å². The lowest BCUT2D eigenvalue weighted by Crippen LogP contribution is -2.20. The first-order chi connectivity index (χ1) is 10.2. The molecule has 0 radical (unpaired) electrons. The molecule has 4 heteroatoms. The highest BCUT2D eigenvalue weighted by Gasteiger charge is 2.08. The predicted molar refractivity (Wildman–Crippen MR) is 93.4 cm³/mol. The summed E-state index contributed by atoms with van der Waals surface area (Å²) in [6.45, 7) is 4.21. The lowest BCUT2D eigenvalue weighted by Gasteiger charge is -2.17. The van der Waals surface area contributed by atoms with E-state index in [9.17, 15) is 0 Å². The van der Waals surface area contributed by atoms with Gasteiger partial charge in [0, 0.05) is 5.69 Å². The van der Waals surface area contributed by atoms with Gasteiger partial charge in [0.05, 0.1) is 12.8 Å². The number of para-hydroxylation sites is 3. The van der Waals surface area contributed by atoms with E-state index in [0.29, 0.717) is 5.11 Å². The highest BCUT2D eigenvalue weighted by molar-refractivity contribution is 7.80. The number of methoxy groups -OCH3 is 1. The van der Waals surface area contributed by atoms with Gasteiger partial charge in [0.25, 0.3) is 0 Å². The van der Waals surface area contributed by atoms with Crippen LogP contribution in [0.15, 0.2) is 42.5 Å². The van der Waals surface area contributed by atoms with Crippen molar-refractivity contribution in [3.05, 3.63) is 53.6 Å². The topological polar surface area (TPSA) is 33.3 Å². The summed E-state index contributed by atoms with van der Waals surface area (Å²) in [7, 11) is 1.65. The summed E-state index contributed by atoms with van der Waals surface area (Å²) in [6.07, 6.45) is 0.960. The highest BCUT2D eigenvalue weighted by atomic mass is 32.1. The Morgan fingerprint density at radius 2 is 1.86 bits per heavy atom. The average Bonchev–Trinajstić information content (AvgIpc) is 2.49. The van der Waals surface area contributed by atoms with Crippen molar-refractivity contribution in [2.75, 3.05) is 17.7 Å². The zero-order chi connectivity index (χ0) is 15.2. The van der Waals surface area contributed by atoms with E-state index in [1.54, 1.807) is 7.11 Å². The van der Waals surface area contributed by atoms with E-state index in [4.69, 9.17) is 17.0 Å². The van der Waals surface area contributed by atoms with Crippen molar-refractivity contribution in [3.63, 3.8) is 0 Å². The molecule has 110 valence electrons. The first-order valence-electron chi connectivity index (χ1n) is 6.95. The van der Waals surface area contributed by atoms with Crippen LogP contribution in [-0.2, 0) is 6.42 Å². The zero-order valence-electron chi connectivity index (χ0n) is 12.6. The SMILES string of the molecule is CCc1cccc(C)c1NC(=S)Nc1ccccc1OC. The Bertz CT molecular complexity index is 640. The van der Waals surface area contributed by atoms with Crippen LogP contribution in [0.3, 0.4) is 0 Å². The fraction of sp³-hybridized carbons (Fsp3) is 0.235. The Morgan fingerprint density at radius 3 is 2.57 bits per heavy atom. The highest BCUT2D eigenvalue weighted by Crippen LogP contribution is 2.25. The Balaban J connectivity index is 2.16. The van der Waals surface area contributed by atoms with E-state index in [2.05, 4.69) is 42.7 Å². The molecule has 0 unspecified atom stereocenters. The third-order valence-corrected chi connectivity index (χ3v) is 3.54. The minimum Gasteiger partial charge on any atom is -0.495 e. The molecule has 21 heavy (non-hydrogen) atoms. The van der Waals surface area contributed by atoms with E-state index >= 15 is 0 Å². The van der Waals surface area contributed by atoms with Gasteiger partial charge in [-0.15, -0.1) is 0 Å². The number of aryl methyl sites for hydroxylation is 2. The molecule has 0 spiro atoms. The average molecular weight is 300 g/mol. The second-order valence-corrected chi connectivity index (χ2v) is 5.15. The maximum atomic E-state index is 5.41. The molecule has 2 N–H and O–H groups in total. The van der Waals surface area contributed by atoms with Crippen molar-refractivity contribution in [3.8, 4) is 5.75 Å². The van der Waals surface area contributed by atoms with Gasteiger partial charge in [-0.2, -0.15) is 0 Å². The molecule has 0 aliphatic rings. The van der Waals surface area contributed by atoms with E-state index < -0.39 is 0 Å². The van der Waals surface area contributed by atoms with Crippen LogP contribution in [0.5, 0.6) is 5.75 Å². The normalized spacial score (nSPS) is 10.0. The number of thiocarbonyl (C=S) groups is 1. The molecule has 0 aromatic heterocycles. The number of benzene rings is 2. The Hall–Kier alpha value is -2.07. The number of ether oxygens (including phenoxy) is 1. The van der Waals surface area contributed by atoms with Gasteiger partial charge in [-0.05, 0) is 48.8 Å². The molecule has 0 amide bonds. The van der Waals surface area contributed by atoms with Crippen LogP contribution in [0.25, 0.3) is 0 Å². The van der Waals surface area contributed by atoms with Gasteiger partial charge < -0.3 is 15.4 Å². The Morgan fingerprint density at radius 1 is 1.10 bits per heavy atom. The molecule has 0 heterocycles. The van der Waals surface area contributed by atoms with Gasteiger partial charge in [0.15, 0.2) is 5.11 Å². The minimum atomic E-state index is 0.559. The third kappa shape index (κ3) is 3.73. The summed E-state index contributed by atoms with van der Waals surface area (Å²) in [6, 6.07) is 14.0. The molecule has 2 aromatic carbocycles. The van der Waals surface area contributed by atoms with E-state index in [-0.39, 0.29) is 0 Å². The maximum absolute atomic E-state index is 5.41. The summed E-state index contributed by atoms with van der Waals surface area (Å²) in [5.41, 5.74) is 4.36. The molecular weight excluding hydrogens is 280 g/mol. The number of nitrogens with one attached hydrogen (secondary N) is 2. The molecule has 0 saturated carbocycles. The van der Waals surface area contributed by atoms with E-state index in [1.165, 1.54) is 11.1 Å². The fourth-order valence-corrected chi connectivity index (χ4v) is 2.43. The van der Waals surface area contributed by atoms with Gasteiger partial charge in [0.1, 0.15) is 5.75 Å². The lowest BCUT2D eigenvalue weighted by molar-refractivity contribution is 0.417. The quantitative estimate of drug-likeness (QED) is 0.821. The monoisotopic (exact) mass is 300 g/mol. The Labute approximate surface area is 131 Å². The summed E-state index contributed by atoms with van der Waals surface area (Å²) < 4.78 is 5.32. The first-order valence-corrected chi connectivity index (χ1v) is 7.36.